The highest BCUT2D eigenvalue weighted by Crippen LogP contribution is 2.31. The molecule has 0 saturated heterocycles. The van der Waals surface area contributed by atoms with Gasteiger partial charge in [0, 0.05) is 34.3 Å². The summed E-state index contributed by atoms with van der Waals surface area (Å²) in [6.45, 7) is 0. The Bertz CT molecular complexity index is 1020. The maximum atomic E-state index is 12.8. The van der Waals surface area contributed by atoms with Gasteiger partial charge in [-0.1, -0.05) is 6.07 Å². The molecular weight excluding hydrogens is 409 g/mol. The average Bonchev–Trinajstić information content (AvgIpc) is 2.64. The van der Waals surface area contributed by atoms with E-state index < -0.39 is 26.7 Å². The van der Waals surface area contributed by atoms with Crippen LogP contribution < -0.4 is 20.1 Å². The van der Waals surface area contributed by atoms with E-state index in [9.17, 15) is 26.9 Å². The molecule has 29 heavy (non-hydrogen) atoms. The molecule has 1 aromatic carbocycles. The van der Waals surface area contributed by atoms with Crippen LogP contribution in [0.25, 0.3) is 0 Å². The fourth-order valence-electron chi connectivity index (χ4n) is 2.38. The van der Waals surface area contributed by atoms with Crippen molar-refractivity contribution in [3.05, 3.63) is 41.5 Å². The molecule has 0 bridgehead atoms. The van der Waals surface area contributed by atoms with Gasteiger partial charge < -0.3 is 9.80 Å². The molecule has 0 aliphatic carbocycles. The van der Waals surface area contributed by atoms with Crippen molar-refractivity contribution in [1.82, 2.24) is 9.82 Å². The van der Waals surface area contributed by atoms with E-state index in [0.717, 1.165) is 18.2 Å². The van der Waals surface area contributed by atoms with E-state index in [2.05, 4.69) is 16.5 Å². The van der Waals surface area contributed by atoms with Crippen LogP contribution in [0.15, 0.2) is 35.2 Å². The summed E-state index contributed by atoms with van der Waals surface area (Å²) < 4.78 is 63.3. The van der Waals surface area contributed by atoms with Crippen LogP contribution in [0.4, 0.5) is 30.5 Å². The Hall–Kier alpha value is -3.04. The number of sulfonamides is 1. The summed E-state index contributed by atoms with van der Waals surface area (Å²) in [5.74, 6) is 0.353. The van der Waals surface area contributed by atoms with Gasteiger partial charge in [0.2, 0.25) is 0 Å². The third-order valence-electron chi connectivity index (χ3n) is 3.78. The highest BCUT2D eigenvalue weighted by Gasteiger charge is 2.31. The van der Waals surface area contributed by atoms with E-state index in [1.165, 1.54) is 6.07 Å². The quantitative estimate of drug-likeness (QED) is 0.682. The normalized spacial score (nSPS) is 11.7. The standard InChI is InChI=1S/C17H19F3N6O2S/c1-25(2)14-9-15(22-16(26(3)4)13(14)10-21)23-24-29(27,28)12-7-5-6-11(8-12)17(18,19)20/h5-9,24H,1-4H3,(H,22,23). The molecule has 0 radical (unpaired) electrons. The zero-order valence-corrected chi connectivity index (χ0v) is 16.9. The molecule has 12 heteroatoms. The highest BCUT2D eigenvalue weighted by molar-refractivity contribution is 7.89. The van der Waals surface area contributed by atoms with E-state index >= 15 is 0 Å². The number of rotatable bonds is 6. The van der Waals surface area contributed by atoms with Crippen molar-refractivity contribution in [3.63, 3.8) is 0 Å². The SMILES string of the molecule is CN(C)c1cc(NNS(=O)(=O)c2cccc(C(F)(F)F)c2)nc(N(C)C)c1C#N. The second kappa shape index (κ2) is 8.14. The van der Waals surface area contributed by atoms with Gasteiger partial charge in [-0.3, -0.25) is 5.43 Å². The van der Waals surface area contributed by atoms with Gasteiger partial charge in [0.25, 0.3) is 10.0 Å². The number of hydrogen-bond acceptors (Lipinski definition) is 7. The third kappa shape index (κ3) is 5.07. The van der Waals surface area contributed by atoms with Gasteiger partial charge >= 0.3 is 6.18 Å². The summed E-state index contributed by atoms with van der Waals surface area (Å²) in [7, 11) is 2.42. The number of hydrazine groups is 1. The molecule has 1 aromatic heterocycles. The first-order valence-electron chi connectivity index (χ1n) is 8.11. The van der Waals surface area contributed by atoms with E-state index in [-0.39, 0.29) is 11.4 Å². The van der Waals surface area contributed by atoms with Crippen LogP contribution in [0.1, 0.15) is 11.1 Å². The van der Waals surface area contributed by atoms with E-state index in [1.807, 2.05) is 4.83 Å². The Kier molecular flexibility index (Phi) is 6.24. The number of alkyl halides is 3. The van der Waals surface area contributed by atoms with Gasteiger partial charge in [0.1, 0.15) is 17.5 Å². The predicted molar refractivity (Wildman–Crippen MR) is 103 cm³/mol. The molecule has 2 N–H and O–H groups in total. The first-order chi connectivity index (χ1) is 13.4. The maximum absolute atomic E-state index is 12.8. The Morgan fingerprint density at radius 1 is 1.10 bits per heavy atom. The fourth-order valence-corrected chi connectivity index (χ4v) is 3.28. The van der Waals surface area contributed by atoms with Crippen molar-refractivity contribution in [2.45, 2.75) is 11.1 Å². The second-order valence-electron chi connectivity index (χ2n) is 6.38. The van der Waals surface area contributed by atoms with Crippen molar-refractivity contribution >= 4 is 27.3 Å². The molecule has 0 fully saturated rings. The van der Waals surface area contributed by atoms with Crippen molar-refractivity contribution in [2.75, 3.05) is 43.4 Å². The minimum atomic E-state index is -4.67. The number of nitriles is 1. The third-order valence-corrected chi connectivity index (χ3v) is 5.03. The molecule has 0 aliphatic rings. The van der Waals surface area contributed by atoms with Crippen molar-refractivity contribution < 1.29 is 21.6 Å². The zero-order valence-electron chi connectivity index (χ0n) is 16.0. The lowest BCUT2D eigenvalue weighted by Gasteiger charge is -2.21. The molecule has 0 saturated carbocycles. The summed E-state index contributed by atoms with van der Waals surface area (Å²) >= 11 is 0. The van der Waals surface area contributed by atoms with Crippen LogP contribution in [-0.4, -0.2) is 41.6 Å². The molecule has 0 unspecified atom stereocenters. The van der Waals surface area contributed by atoms with E-state index in [0.29, 0.717) is 17.6 Å². The van der Waals surface area contributed by atoms with Crippen molar-refractivity contribution in [2.24, 2.45) is 0 Å². The Morgan fingerprint density at radius 2 is 1.76 bits per heavy atom. The molecule has 0 amide bonds. The minimum Gasteiger partial charge on any atom is -0.376 e. The van der Waals surface area contributed by atoms with Crippen LogP contribution in [0.3, 0.4) is 0 Å². The van der Waals surface area contributed by atoms with Crippen molar-refractivity contribution in [3.8, 4) is 6.07 Å². The largest absolute Gasteiger partial charge is 0.416 e. The highest BCUT2D eigenvalue weighted by atomic mass is 32.2. The number of benzene rings is 1. The molecular formula is C17H19F3N6O2S. The second-order valence-corrected chi connectivity index (χ2v) is 8.06. The topological polar surface area (TPSA) is 101 Å². The molecule has 0 aliphatic heterocycles. The van der Waals surface area contributed by atoms with E-state index in [4.69, 9.17) is 0 Å². The molecule has 2 rings (SSSR count). The van der Waals surface area contributed by atoms with Crippen LogP contribution >= 0.6 is 0 Å². The summed E-state index contributed by atoms with van der Waals surface area (Å²) in [5.41, 5.74) is 2.07. The van der Waals surface area contributed by atoms with Gasteiger partial charge in [0.15, 0.2) is 5.82 Å². The monoisotopic (exact) mass is 428 g/mol. The number of pyridine rings is 1. The number of aromatic nitrogens is 1. The summed E-state index contributed by atoms with van der Waals surface area (Å²) in [4.78, 5) is 8.88. The molecule has 8 nitrogen and oxygen atoms in total. The number of halogens is 3. The molecule has 0 atom stereocenters. The Balaban J connectivity index is 2.37. The molecule has 0 spiro atoms. The minimum absolute atomic E-state index is 0.0620. The number of hydrogen-bond donors (Lipinski definition) is 2. The zero-order chi connectivity index (χ0) is 22.0. The lowest BCUT2D eigenvalue weighted by Crippen LogP contribution is -2.31. The van der Waals surface area contributed by atoms with Gasteiger partial charge in [-0.2, -0.15) is 18.4 Å². The molecule has 1 heterocycles. The van der Waals surface area contributed by atoms with Crippen LogP contribution in [-0.2, 0) is 16.2 Å². The maximum Gasteiger partial charge on any atom is 0.416 e. The fraction of sp³-hybridized carbons (Fsp3) is 0.294. The number of nitrogens with zero attached hydrogens (tertiary/aromatic N) is 4. The van der Waals surface area contributed by atoms with Crippen molar-refractivity contribution in [1.29, 1.82) is 5.26 Å². The summed E-state index contributed by atoms with van der Waals surface area (Å²) in [6.07, 6.45) is -4.67. The molecule has 2 aromatic rings. The van der Waals surface area contributed by atoms with E-state index in [1.54, 1.807) is 38.0 Å². The van der Waals surface area contributed by atoms with Gasteiger partial charge in [0.05, 0.1) is 16.1 Å². The van der Waals surface area contributed by atoms with Gasteiger partial charge in [-0.05, 0) is 18.2 Å². The average molecular weight is 428 g/mol. The van der Waals surface area contributed by atoms with Crippen LogP contribution in [0, 0.1) is 11.3 Å². The summed E-state index contributed by atoms with van der Waals surface area (Å²) in [6, 6.07) is 6.86. The smallest absolute Gasteiger partial charge is 0.376 e. The van der Waals surface area contributed by atoms with Crippen LogP contribution in [0.5, 0.6) is 0 Å². The van der Waals surface area contributed by atoms with Crippen LogP contribution in [0.2, 0.25) is 0 Å². The number of anilines is 3. The lowest BCUT2D eigenvalue weighted by molar-refractivity contribution is -0.137. The van der Waals surface area contributed by atoms with Gasteiger partial charge in [-0.25, -0.2) is 13.4 Å². The first kappa shape index (κ1) is 22.3. The van der Waals surface area contributed by atoms with Gasteiger partial charge in [-0.15, -0.1) is 4.83 Å². The Morgan fingerprint density at radius 3 is 2.28 bits per heavy atom. The molecule has 156 valence electrons. The predicted octanol–water partition coefficient (Wildman–Crippen LogP) is 2.41. The summed E-state index contributed by atoms with van der Waals surface area (Å²) in [5, 5.41) is 9.42. The Labute approximate surface area is 166 Å². The lowest BCUT2D eigenvalue weighted by atomic mass is 10.2. The number of nitrogens with one attached hydrogen (secondary N) is 2. The first-order valence-corrected chi connectivity index (χ1v) is 9.60.